The van der Waals surface area contributed by atoms with Crippen LogP contribution in [0.1, 0.15) is 5.82 Å². The van der Waals surface area contributed by atoms with Gasteiger partial charge in [0.05, 0.1) is 25.5 Å². The van der Waals surface area contributed by atoms with Crippen LogP contribution in [0.25, 0.3) is 11.3 Å². The molecular formula is C12H14BrN3O. The molecule has 0 radical (unpaired) electrons. The molecule has 0 saturated heterocycles. The Morgan fingerprint density at radius 3 is 2.82 bits per heavy atom. The van der Waals surface area contributed by atoms with E-state index in [-0.39, 0.29) is 0 Å². The summed E-state index contributed by atoms with van der Waals surface area (Å²) in [6.07, 6.45) is 1.81. The molecule has 4 nitrogen and oxygen atoms in total. The fourth-order valence-corrected chi connectivity index (χ4v) is 2.13. The molecule has 0 amide bonds. The summed E-state index contributed by atoms with van der Waals surface area (Å²) in [7, 11) is 3.61. The molecule has 1 heterocycles. The summed E-state index contributed by atoms with van der Waals surface area (Å²) in [6, 6.07) is 5.88. The number of ether oxygens (including phenoxy) is 1. The first kappa shape index (κ1) is 12.1. The SMILES string of the molecule is COc1ccc(Br)cc1-c1cnc(CN)n1C. The molecule has 90 valence electrons. The summed E-state index contributed by atoms with van der Waals surface area (Å²) < 4.78 is 8.34. The maximum Gasteiger partial charge on any atom is 0.128 e. The first-order valence-corrected chi connectivity index (χ1v) is 6.01. The number of hydrogen-bond acceptors (Lipinski definition) is 3. The Morgan fingerprint density at radius 1 is 1.47 bits per heavy atom. The van der Waals surface area contributed by atoms with E-state index in [0.717, 1.165) is 27.3 Å². The minimum atomic E-state index is 0.423. The van der Waals surface area contributed by atoms with Crippen LogP contribution in [-0.2, 0) is 13.6 Å². The van der Waals surface area contributed by atoms with Crippen molar-refractivity contribution in [1.82, 2.24) is 9.55 Å². The van der Waals surface area contributed by atoms with Gasteiger partial charge in [-0.3, -0.25) is 0 Å². The number of aromatic nitrogens is 2. The Balaban J connectivity index is 2.58. The van der Waals surface area contributed by atoms with Gasteiger partial charge in [-0.1, -0.05) is 15.9 Å². The van der Waals surface area contributed by atoms with E-state index in [1.54, 1.807) is 7.11 Å². The van der Waals surface area contributed by atoms with E-state index in [0.29, 0.717) is 6.54 Å². The van der Waals surface area contributed by atoms with Gasteiger partial charge in [0.15, 0.2) is 0 Å². The molecule has 0 atom stereocenters. The van der Waals surface area contributed by atoms with Crippen LogP contribution >= 0.6 is 15.9 Å². The van der Waals surface area contributed by atoms with Gasteiger partial charge in [0.2, 0.25) is 0 Å². The number of imidazole rings is 1. The molecule has 0 fully saturated rings. The third-order valence-electron chi connectivity index (χ3n) is 2.70. The highest BCUT2D eigenvalue weighted by Gasteiger charge is 2.12. The summed E-state index contributed by atoms with van der Waals surface area (Å²) in [5.41, 5.74) is 7.60. The number of hydrogen-bond donors (Lipinski definition) is 1. The Kier molecular flexibility index (Phi) is 3.49. The molecule has 0 bridgehead atoms. The summed E-state index contributed by atoms with van der Waals surface area (Å²) in [4.78, 5) is 4.28. The van der Waals surface area contributed by atoms with Crippen molar-refractivity contribution >= 4 is 15.9 Å². The van der Waals surface area contributed by atoms with Crippen LogP contribution in [0, 0.1) is 0 Å². The smallest absolute Gasteiger partial charge is 0.128 e. The molecule has 0 saturated carbocycles. The van der Waals surface area contributed by atoms with Gasteiger partial charge in [-0.05, 0) is 18.2 Å². The lowest BCUT2D eigenvalue weighted by atomic mass is 10.1. The van der Waals surface area contributed by atoms with Crippen LogP contribution in [0.2, 0.25) is 0 Å². The number of benzene rings is 1. The summed E-state index contributed by atoms with van der Waals surface area (Å²) in [5, 5.41) is 0. The molecule has 2 rings (SSSR count). The molecule has 0 aliphatic rings. The predicted molar refractivity (Wildman–Crippen MR) is 70.8 cm³/mol. The molecule has 5 heteroatoms. The van der Waals surface area contributed by atoms with Crippen LogP contribution in [0.15, 0.2) is 28.9 Å². The summed E-state index contributed by atoms with van der Waals surface area (Å²) >= 11 is 3.46. The average Bonchev–Trinajstić information content (AvgIpc) is 2.70. The van der Waals surface area contributed by atoms with Gasteiger partial charge in [-0.2, -0.15) is 0 Å². The fourth-order valence-electron chi connectivity index (χ4n) is 1.77. The largest absolute Gasteiger partial charge is 0.496 e. The first-order valence-electron chi connectivity index (χ1n) is 5.22. The van der Waals surface area contributed by atoms with Gasteiger partial charge in [0.25, 0.3) is 0 Å². The molecule has 0 spiro atoms. The van der Waals surface area contributed by atoms with Gasteiger partial charge in [-0.15, -0.1) is 0 Å². The Bertz CT molecular complexity index is 537. The molecule has 0 aliphatic carbocycles. The molecule has 2 N–H and O–H groups in total. The van der Waals surface area contributed by atoms with E-state index in [2.05, 4.69) is 20.9 Å². The molecule has 0 unspecified atom stereocenters. The number of nitrogens with two attached hydrogens (primary N) is 1. The van der Waals surface area contributed by atoms with Crippen molar-refractivity contribution in [2.45, 2.75) is 6.54 Å². The lowest BCUT2D eigenvalue weighted by Gasteiger charge is -2.10. The monoisotopic (exact) mass is 295 g/mol. The normalized spacial score (nSPS) is 10.6. The second-order valence-electron chi connectivity index (χ2n) is 3.67. The highest BCUT2D eigenvalue weighted by atomic mass is 79.9. The molecule has 1 aromatic carbocycles. The zero-order valence-corrected chi connectivity index (χ0v) is 11.4. The lowest BCUT2D eigenvalue weighted by Crippen LogP contribution is -2.05. The van der Waals surface area contributed by atoms with Crippen molar-refractivity contribution in [3.8, 4) is 17.0 Å². The molecule has 1 aromatic heterocycles. The van der Waals surface area contributed by atoms with E-state index in [9.17, 15) is 0 Å². The average molecular weight is 296 g/mol. The summed E-state index contributed by atoms with van der Waals surface area (Å²) in [5.74, 6) is 1.67. The van der Waals surface area contributed by atoms with Gasteiger partial charge >= 0.3 is 0 Å². The van der Waals surface area contributed by atoms with Crippen molar-refractivity contribution < 1.29 is 4.74 Å². The van der Waals surface area contributed by atoms with Crippen LogP contribution in [0.5, 0.6) is 5.75 Å². The zero-order chi connectivity index (χ0) is 12.4. The number of halogens is 1. The van der Waals surface area contributed by atoms with E-state index >= 15 is 0 Å². The second kappa shape index (κ2) is 4.89. The van der Waals surface area contributed by atoms with Crippen LogP contribution < -0.4 is 10.5 Å². The maximum atomic E-state index is 5.62. The van der Waals surface area contributed by atoms with Gasteiger partial charge < -0.3 is 15.0 Å². The Labute approximate surface area is 109 Å². The van der Waals surface area contributed by atoms with Gasteiger partial charge in [0.1, 0.15) is 11.6 Å². The number of rotatable bonds is 3. The number of nitrogens with zero attached hydrogens (tertiary/aromatic N) is 2. The third kappa shape index (κ3) is 2.21. The molecule has 17 heavy (non-hydrogen) atoms. The lowest BCUT2D eigenvalue weighted by molar-refractivity contribution is 0.416. The first-order chi connectivity index (χ1) is 8.17. The van der Waals surface area contributed by atoms with E-state index < -0.39 is 0 Å². The topological polar surface area (TPSA) is 53.1 Å². The number of methoxy groups -OCH3 is 1. The van der Waals surface area contributed by atoms with Crippen LogP contribution in [0.4, 0.5) is 0 Å². The summed E-state index contributed by atoms with van der Waals surface area (Å²) in [6.45, 7) is 0.423. The van der Waals surface area contributed by atoms with Crippen molar-refractivity contribution in [3.63, 3.8) is 0 Å². The minimum Gasteiger partial charge on any atom is -0.496 e. The van der Waals surface area contributed by atoms with Crippen molar-refractivity contribution in [1.29, 1.82) is 0 Å². The molecular weight excluding hydrogens is 282 g/mol. The second-order valence-corrected chi connectivity index (χ2v) is 4.58. The Hall–Kier alpha value is -1.33. The third-order valence-corrected chi connectivity index (χ3v) is 3.20. The predicted octanol–water partition coefficient (Wildman–Crippen LogP) is 2.32. The Morgan fingerprint density at radius 2 is 2.24 bits per heavy atom. The van der Waals surface area contributed by atoms with Crippen molar-refractivity contribution in [2.75, 3.05) is 7.11 Å². The zero-order valence-electron chi connectivity index (χ0n) is 9.77. The van der Waals surface area contributed by atoms with E-state index in [1.165, 1.54) is 0 Å². The van der Waals surface area contributed by atoms with Crippen molar-refractivity contribution in [2.24, 2.45) is 12.8 Å². The highest BCUT2D eigenvalue weighted by molar-refractivity contribution is 9.10. The van der Waals surface area contributed by atoms with Gasteiger partial charge in [-0.25, -0.2) is 4.98 Å². The van der Waals surface area contributed by atoms with Gasteiger partial charge in [0, 0.05) is 17.1 Å². The maximum absolute atomic E-state index is 5.62. The van der Waals surface area contributed by atoms with Crippen LogP contribution in [-0.4, -0.2) is 16.7 Å². The quantitative estimate of drug-likeness (QED) is 0.945. The standard InChI is InChI=1S/C12H14BrN3O/c1-16-10(7-15-12(16)6-14)9-5-8(13)3-4-11(9)17-2/h3-5,7H,6,14H2,1-2H3. The fraction of sp³-hybridized carbons (Fsp3) is 0.250. The van der Waals surface area contributed by atoms with E-state index in [1.807, 2.05) is 36.0 Å². The van der Waals surface area contributed by atoms with Crippen LogP contribution in [0.3, 0.4) is 0 Å². The highest BCUT2D eigenvalue weighted by Crippen LogP contribution is 2.32. The minimum absolute atomic E-state index is 0.423. The molecule has 2 aromatic rings. The van der Waals surface area contributed by atoms with E-state index in [4.69, 9.17) is 10.5 Å². The molecule has 0 aliphatic heterocycles. The van der Waals surface area contributed by atoms with Crippen molar-refractivity contribution in [3.05, 3.63) is 34.7 Å².